The highest BCUT2D eigenvalue weighted by atomic mass is 35.5. The fourth-order valence-corrected chi connectivity index (χ4v) is 1.48. The molecule has 0 aliphatic heterocycles. The van der Waals surface area contributed by atoms with Crippen molar-refractivity contribution >= 4 is 29.4 Å². The largest absolute Gasteiger partial charge is 0.369 e. The molecule has 0 aliphatic rings. The number of benzene rings is 1. The van der Waals surface area contributed by atoms with E-state index >= 15 is 0 Å². The first kappa shape index (κ1) is 9.86. The second kappa shape index (κ2) is 3.26. The fraction of sp³-hybridized carbons (Fsp3) is 0.222. The zero-order valence-corrected chi connectivity index (χ0v) is 8.43. The van der Waals surface area contributed by atoms with E-state index in [9.17, 15) is 0 Å². The van der Waals surface area contributed by atoms with Crippen LogP contribution in [0.5, 0.6) is 0 Å². The summed E-state index contributed by atoms with van der Waals surface area (Å²) in [5.41, 5.74) is 8.97. The number of halogens is 1. The van der Waals surface area contributed by atoms with E-state index in [2.05, 4.69) is 18.0 Å². The number of imidazole rings is 1. The quantitative estimate of drug-likeness (QED) is 0.701. The molecule has 1 aromatic heterocycles. The average molecular weight is 198 g/mol. The number of hydrogen-bond acceptors (Lipinski definition) is 2. The number of para-hydroxylation sites is 1. The zero-order chi connectivity index (χ0) is 8.72. The van der Waals surface area contributed by atoms with Gasteiger partial charge in [0.05, 0.1) is 11.0 Å². The molecule has 0 fully saturated rings. The first-order valence-corrected chi connectivity index (χ1v) is 3.87. The number of hydrogen-bond donors (Lipinski definition) is 1. The van der Waals surface area contributed by atoms with E-state index in [1.165, 1.54) is 5.56 Å². The number of anilines is 1. The van der Waals surface area contributed by atoms with E-state index in [4.69, 9.17) is 5.73 Å². The minimum absolute atomic E-state index is 0. The van der Waals surface area contributed by atoms with E-state index in [0.717, 1.165) is 11.0 Å². The summed E-state index contributed by atoms with van der Waals surface area (Å²) in [7, 11) is 1.93. The van der Waals surface area contributed by atoms with Gasteiger partial charge in [-0.2, -0.15) is 0 Å². The first-order valence-electron chi connectivity index (χ1n) is 3.87. The zero-order valence-electron chi connectivity index (χ0n) is 7.61. The van der Waals surface area contributed by atoms with Crippen molar-refractivity contribution in [3.63, 3.8) is 0 Å². The number of fused-ring (bicyclic) bond motifs is 1. The first-order chi connectivity index (χ1) is 5.70. The Kier molecular flexibility index (Phi) is 2.48. The van der Waals surface area contributed by atoms with Crippen molar-refractivity contribution in [3.8, 4) is 0 Å². The molecule has 2 rings (SSSR count). The summed E-state index contributed by atoms with van der Waals surface area (Å²) in [5, 5.41) is 0. The molecule has 3 nitrogen and oxygen atoms in total. The Morgan fingerprint density at radius 2 is 2.08 bits per heavy atom. The predicted molar refractivity (Wildman–Crippen MR) is 57.1 cm³/mol. The van der Waals surface area contributed by atoms with Gasteiger partial charge in [0, 0.05) is 7.05 Å². The van der Waals surface area contributed by atoms with Crippen molar-refractivity contribution in [3.05, 3.63) is 23.8 Å². The fourth-order valence-electron chi connectivity index (χ4n) is 1.48. The standard InChI is InChI=1S/C9H11N3.ClH/c1-6-4-3-5-7-8(6)12(2)9(10)11-7;/h3-5H,1-2H3,(H2,10,11);1H. The molecule has 0 unspecified atom stereocenters. The van der Waals surface area contributed by atoms with Crippen LogP contribution in [0.15, 0.2) is 18.2 Å². The molecule has 0 saturated heterocycles. The molecular weight excluding hydrogens is 186 g/mol. The van der Waals surface area contributed by atoms with Crippen LogP contribution in [-0.2, 0) is 7.05 Å². The predicted octanol–water partition coefficient (Wildman–Crippen LogP) is 1.89. The topological polar surface area (TPSA) is 43.8 Å². The third kappa shape index (κ3) is 1.35. The van der Waals surface area contributed by atoms with Crippen molar-refractivity contribution < 1.29 is 0 Å². The number of aryl methyl sites for hydroxylation is 2. The van der Waals surface area contributed by atoms with Gasteiger partial charge >= 0.3 is 0 Å². The maximum absolute atomic E-state index is 5.67. The molecule has 0 spiro atoms. The Labute approximate surface area is 83.0 Å². The van der Waals surface area contributed by atoms with E-state index in [-0.39, 0.29) is 12.4 Å². The van der Waals surface area contributed by atoms with Crippen LogP contribution in [0.4, 0.5) is 5.95 Å². The van der Waals surface area contributed by atoms with E-state index < -0.39 is 0 Å². The Balaban J connectivity index is 0.000000845. The molecule has 4 heteroatoms. The molecule has 70 valence electrons. The van der Waals surface area contributed by atoms with Gasteiger partial charge in [0.25, 0.3) is 0 Å². The molecule has 0 bridgehead atoms. The molecule has 0 saturated carbocycles. The molecule has 0 aliphatic carbocycles. The molecule has 0 radical (unpaired) electrons. The second-order valence-electron chi connectivity index (χ2n) is 2.97. The summed E-state index contributed by atoms with van der Waals surface area (Å²) < 4.78 is 1.91. The lowest BCUT2D eigenvalue weighted by molar-refractivity contribution is 0.961. The summed E-state index contributed by atoms with van der Waals surface area (Å²) in [6.45, 7) is 2.06. The highest BCUT2D eigenvalue weighted by molar-refractivity contribution is 5.85. The SMILES string of the molecule is Cc1cccc2nc(N)n(C)c12.Cl. The van der Waals surface area contributed by atoms with Crippen LogP contribution in [0.2, 0.25) is 0 Å². The van der Waals surface area contributed by atoms with Crippen LogP contribution >= 0.6 is 12.4 Å². The molecule has 1 aromatic carbocycles. The third-order valence-electron chi connectivity index (χ3n) is 2.13. The van der Waals surface area contributed by atoms with Crippen molar-refractivity contribution in [2.45, 2.75) is 6.92 Å². The van der Waals surface area contributed by atoms with Crippen LogP contribution < -0.4 is 5.73 Å². The maximum atomic E-state index is 5.67. The molecule has 1 heterocycles. The smallest absolute Gasteiger partial charge is 0.200 e. The number of aromatic nitrogens is 2. The summed E-state index contributed by atoms with van der Waals surface area (Å²) >= 11 is 0. The molecule has 0 amide bonds. The Morgan fingerprint density at radius 3 is 2.69 bits per heavy atom. The minimum Gasteiger partial charge on any atom is -0.369 e. The summed E-state index contributed by atoms with van der Waals surface area (Å²) in [6, 6.07) is 6.02. The number of nitrogens with two attached hydrogens (primary N) is 1. The van der Waals surface area contributed by atoms with Crippen LogP contribution in [0.1, 0.15) is 5.56 Å². The lowest BCUT2D eigenvalue weighted by Gasteiger charge is -1.98. The molecule has 0 atom stereocenters. The molecule has 13 heavy (non-hydrogen) atoms. The Hall–Kier alpha value is -1.22. The van der Waals surface area contributed by atoms with Crippen LogP contribution in [-0.4, -0.2) is 9.55 Å². The third-order valence-corrected chi connectivity index (χ3v) is 2.13. The van der Waals surface area contributed by atoms with E-state index in [1.807, 2.05) is 23.7 Å². The highest BCUT2D eigenvalue weighted by Crippen LogP contribution is 2.19. The van der Waals surface area contributed by atoms with Crippen molar-refractivity contribution in [1.82, 2.24) is 9.55 Å². The number of rotatable bonds is 0. The van der Waals surface area contributed by atoms with Gasteiger partial charge in [-0.3, -0.25) is 0 Å². The van der Waals surface area contributed by atoms with E-state index in [0.29, 0.717) is 5.95 Å². The Morgan fingerprint density at radius 1 is 1.38 bits per heavy atom. The van der Waals surface area contributed by atoms with E-state index in [1.54, 1.807) is 0 Å². The maximum Gasteiger partial charge on any atom is 0.200 e. The monoisotopic (exact) mass is 197 g/mol. The highest BCUT2D eigenvalue weighted by Gasteiger charge is 2.05. The van der Waals surface area contributed by atoms with Crippen LogP contribution in [0, 0.1) is 6.92 Å². The average Bonchev–Trinajstić information content (AvgIpc) is 2.29. The van der Waals surface area contributed by atoms with Gasteiger partial charge < -0.3 is 10.3 Å². The lowest BCUT2D eigenvalue weighted by atomic mass is 10.2. The van der Waals surface area contributed by atoms with Crippen LogP contribution in [0.25, 0.3) is 11.0 Å². The van der Waals surface area contributed by atoms with Gasteiger partial charge in [-0.25, -0.2) is 4.98 Å². The van der Waals surface area contributed by atoms with Gasteiger partial charge in [0.1, 0.15) is 0 Å². The van der Waals surface area contributed by atoms with Crippen molar-refractivity contribution in [2.24, 2.45) is 7.05 Å². The second-order valence-corrected chi connectivity index (χ2v) is 2.97. The summed E-state index contributed by atoms with van der Waals surface area (Å²) in [4.78, 5) is 4.21. The summed E-state index contributed by atoms with van der Waals surface area (Å²) in [5.74, 6) is 0.569. The lowest BCUT2D eigenvalue weighted by Crippen LogP contribution is -1.96. The Bertz CT molecular complexity index is 434. The van der Waals surface area contributed by atoms with Gasteiger partial charge in [-0.15, -0.1) is 12.4 Å². The van der Waals surface area contributed by atoms with Crippen molar-refractivity contribution in [1.29, 1.82) is 0 Å². The summed E-state index contributed by atoms with van der Waals surface area (Å²) in [6.07, 6.45) is 0. The van der Waals surface area contributed by atoms with Gasteiger partial charge in [-0.1, -0.05) is 12.1 Å². The normalized spacial score (nSPS) is 10.0. The number of nitrogen functional groups attached to an aromatic ring is 1. The van der Waals surface area contributed by atoms with Crippen molar-refractivity contribution in [2.75, 3.05) is 5.73 Å². The van der Waals surface area contributed by atoms with Gasteiger partial charge in [0.2, 0.25) is 5.95 Å². The molecule has 2 N–H and O–H groups in total. The van der Waals surface area contributed by atoms with Gasteiger partial charge in [-0.05, 0) is 18.6 Å². The van der Waals surface area contributed by atoms with Crippen LogP contribution in [0.3, 0.4) is 0 Å². The van der Waals surface area contributed by atoms with Gasteiger partial charge in [0.15, 0.2) is 0 Å². The minimum atomic E-state index is 0. The molecular formula is C9H12ClN3. The molecule has 2 aromatic rings. The number of nitrogens with zero attached hydrogens (tertiary/aromatic N) is 2.